The van der Waals surface area contributed by atoms with Crippen molar-refractivity contribution in [1.82, 2.24) is 15.0 Å². The zero-order valence-electron chi connectivity index (χ0n) is 22.5. The van der Waals surface area contributed by atoms with Gasteiger partial charge in [0, 0.05) is 25.0 Å². The van der Waals surface area contributed by atoms with Gasteiger partial charge < -0.3 is 20.5 Å². The van der Waals surface area contributed by atoms with Gasteiger partial charge in [0.2, 0.25) is 5.88 Å². The molecule has 0 spiro atoms. The van der Waals surface area contributed by atoms with Crippen molar-refractivity contribution < 1.29 is 14.3 Å². The zero-order chi connectivity index (χ0) is 27.3. The Morgan fingerprint density at radius 3 is 2.53 bits per heavy atom. The summed E-state index contributed by atoms with van der Waals surface area (Å²) in [5.41, 5.74) is 10.8. The van der Waals surface area contributed by atoms with Gasteiger partial charge in [-0.25, -0.2) is 0 Å². The summed E-state index contributed by atoms with van der Waals surface area (Å²) in [4.78, 5) is 30.2. The summed E-state index contributed by atoms with van der Waals surface area (Å²) in [6.07, 6.45) is 8.04. The standard InChI is InChI=1S/C29H34N6O3/c1-6-37-28(36)29(11-12-29)23-9-7-20(13-19(23)4)21-8-10-24(33-15-21)22(14-30)27(31-5)35-25-16-32-17-26(34-25)38-18(2)3/h7-10,13-18H,6,11-12,30H2,1-5H3,(H,31,34,35). The molecule has 0 radical (unpaired) electrons. The lowest BCUT2D eigenvalue weighted by Gasteiger charge is -2.18. The van der Waals surface area contributed by atoms with E-state index in [-0.39, 0.29) is 12.1 Å². The molecule has 0 bridgehead atoms. The molecule has 3 N–H and O–H groups in total. The summed E-state index contributed by atoms with van der Waals surface area (Å²) < 4.78 is 11.0. The number of amidine groups is 1. The topological polar surface area (TPSA) is 125 Å². The van der Waals surface area contributed by atoms with E-state index in [0.717, 1.165) is 35.1 Å². The largest absolute Gasteiger partial charge is 0.474 e. The second kappa shape index (κ2) is 11.4. The lowest BCUT2D eigenvalue weighted by Crippen LogP contribution is -2.24. The summed E-state index contributed by atoms with van der Waals surface area (Å²) in [5, 5.41) is 3.16. The molecule has 2 heterocycles. The molecular weight excluding hydrogens is 480 g/mol. The smallest absolute Gasteiger partial charge is 0.316 e. The number of anilines is 1. The molecule has 3 aromatic rings. The van der Waals surface area contributed by atoms with Crippen molar-refractivity contribution in [2.45, 2.75) is 52.1 Å². The number of nitrogens with one attached hydrogen (secondary N) is 1. The number of hydrogen-bond acceptors (Lipinski definition) is 8. The maximum absolute atomic E-state index is 12.5. The minimum absolute atomic E-state index is 0.0199. The lowest BCUT2D eigenvalue weighted by molar-refractivity contribution is -0.146. The van der Waals surface area contributed by atoms with Gasteiger partial charge in [0.1, 0.15) is 5.84 Å². The number of ether oxygens (including phenoxy) is 2. The van der Waals surface area contributed by atoms with Gasteiger partial charge >= 0.3 is 5.97 Å². The van der Waals surface area contributed by atoms with Gasteiger partial charge in [-0.15, -0.1) is 0 Å². The van der Waals surface area contributed by atoms with E-state index in [0.29, 0.717) is 35.4 Å². The Labute approximate surface area is 223 Å². The van der Waals surface area contributed by atoms with Crippen molar-refractivity contribution in [2.24, 2.45) is 10.7 Å². The summed E-state index contributed by atoms with van der Waals surface area (Å²) in [6.45, 7) is 8.12. The zero-order valence-corrected chi connectivity index (χ0v) is 22.5. The summed E-state index contributed by atoms with van der Waals surface area (Å²) >= 11 is 0. The second-order valence-electron chi connectivity index (χ2n) is 9.45. The van der Waals surface area contributed by atoms with E-state index in [9.17, 15) is 4.79 Å². The molecule has 1 aliphatic carbocycles. The highest BCUT2D eigenvalue weighted by Gasteiger charge is 2.53. The Bertz CT molecular complexity index is 1360. The number of hydrogen-bond donors (Lipinski definition) is 2. The molecule has 1 aromatic carbocycles. The Kier molecular flexibility index (Phi) is 8.05. The molecule has 2 aromatic heterocycles. The number of carbonyl (C=O) groups is 1. The number of nitrogens with two attached hydrogens (primary N) is 1. The molecule has 4 rings (SSSR count). The number of rotatable bonds is 9. The van der Waals surface area contributed by atoms with E-state index in [2.05, 4.69) is 31.3 Å². The minimum atomic E-state index is -0.491. The van der Waals surface area contributed by atoms with Crippen LogP contribution in [0.2, 0.25) is 0 Å². The third-order valence-electron chi connectivity index (χ3n) is 6.39. The predicted molar refractivity (Wildman–Crippen MR) is 149 cm³/mol. The first-order chi connectivity index (χ1) is 18.3. The number of carbonyl (C=O) groups excluding carboxylic acids is 1. The number of nitrogens with zero attached hydrogens (tertiary/aromatic N) is 4. The van der Waals surface area contributed by atoms with E-state index >= 15 is 0 Å². The van der Waals surface area contributed by atoms with Crippen LogP contribution in [0.5, 0.6) is 5.88 Å². The molecule has 9 nitrogen and oxygen atoms in total. The average molecular weight is 515 g/mol. The first-order valence-corrected chi connectivity index (χ1v) is 12.7. The van der Waals surface area contributed by atoms with Crippen LogP contribution in [-0.2, 0) is 14.9 Å². The van der Waals surface area contributed by atoms with Crippen LogP contribution >= 0.6 is 0 Å². The molecule has 0 aliphatic heterocycles. The number of aromatic nitrogens is 3. The van der Waals surface area contributed by atoms with Gasteiger partial charge in [-0.3, -0.25) is 19.8 Å². The maximum atomic E-state index is 12.5. The van der Waals surface area contributed by atoms with Crippen molar-refractivity contribution in [1.29, 1.82) is 0 Å². The average Bonchev–Trinajstić information content (AvgIpc) is 3.71. The molecule has 198 valence electrons. The molecule has 0 amide bonds. The van der Waals surface area contributed by atoms with Crippen LogP contribution in [0.4, 0.5) is 5.82 Å². The molecule has 9 heteroatoms. The van der Waals surface area contributed by atoms with E-state index in [1.165, 1.54) is 6.20 Å². The van der Waals surface area contributed by atoms with Crippen LogP contribution < -0.4 is 15.8 Å². The van der Waals surface area contributed by atoms with Crippen LogP contribution in [-0.4, -0.2) is 46.5 Å². The molecule has 0 atom stereocenters. The molecule has 38 heavy (non-hydrogen) atoms. The first kappa shape index (κ1) is 26.8. The third-order valence-corrected chi connectivity index (χ3v) is 6.39. The normalized spacial score (nSPS) is 14.8. The number of esters is 1. The van der Waals surface area contributed by atoms with Crippen molar-refractivity contribution in [3.8, 4) is 17.0 Å². The number of benzene rings is 1. The predicted octanol–water partition coefficient (Wildman–Crippen LogP) is 4.67. The van der Waals surface area contributed by atoms with Crippen molar-refractivity contribution in [2.75, 3.05) is 19.0 Å². The fraction of sp³-hybridized carbons (Fsp3) is 0.345. The van der Waals surface area contributed by atoms with Gasteiger partial charge in [0.15, 0.2) is 5.82 Å². The molecule has 1 saturated carbocycles. The van der Waals surface area contributed by atoms with E-state index < -0.39 is 5.41 Å². The Morgan fingerprint density at radius 2 is 1.95 bits per heavy atom. The fourth-order valence-corrected chi connectivity index (χ4v) is 4.44. The molecule has 1 aliphatic rings. The molecule has 1 fully saturated rings. The summed E-state index contributed by atoms with van der Waals surface area (Å²) in [5.74, 6) is 1.26. The van der Waals surface area contributed by atoms with Gasteiger partial charge in [-0.2, -0.15) is 4.98 Å². The van der Waals surface area contributed by atoms with E-state index in [1.54, 1.807) is 25.6 Å². The maximum Gasteiger partial charge on any atom is 0.316 e. The van der Waals surface area contributed by atoms with Crippen LogP contribution in [0.25, 0.3) is 16.7 Å². The van der Waals surface area contributed by atoms with Crippen LogP contribution in [0, 0.1) is 6.92 Å². The third kappa shape index (κ3) is 5.66. The SMILES string of the molecule is CCOC(=O)C1(c2ccc(-c3ccc(C(=CN)C(=NC)Nc4cncc(OC(C)C)n4)nc3)cc2C)CC1. The fourth-order valence-electron chi connectivity index (χ4n) is 4.44. The number of aliphatic imine (C=N–C) groups is 1. The van der Waals surface area contributed by atoms with Gasteiger partial charge in [0.25, 0.3) is 0 Å². The van der Waals surface area contributed by atoms with Crippen LogP contribution in [0.1, 0.15) is 50.4 Å². The second-order valence-corrected chi connectivity index (χ2v) is 9.45. The monoisotopic (exact) mass is 514 g/mol. The van der Waals surface area contributed by atoms with Crippen LogP contribution in [0.15, 0.2) is 60.1 Å². The number of aryl methyl sites for hydroxylation is 1. The highest BCUT2D eigenvalue weighted by atomic mass is 16.5. The van der Waals surface area contributed by atoms with E-state index in [4.69, 9.17) is 15.2 Å². The molecule has 0 unspecified atom stereocenters. The first-order valence-electron chi connectivity index (χ1n) is 12.7. The molecular formula is C29H34N6O3. The van der Waals surface area contributed by atoms with E-state index in [1.807, 2.05) is 52.0 Å². The lowest BCUT2D eigenvalue weighted by atomic mass is 9.89. The van der Waals surface area contributed by atoms with Crippen molar-refractivity contribution in [3.05, 3.63) is 71.9 Å². The van der Waals surface area contributed by atoms with Gasteiger partial charge in [-0.1, -0.05) is 24.3 Å². The van der Waals surface area contributed by atoms with Crippen LogP contribution in [0.3, 0.4) is 0 Å². The Hall–Kier alpha value is -4.27. The molecule has 0 saturated heterocycles. The van der Waals surface area contributed by atoms with Gasteiger partial charge in [0.05, 0.1) is 41.8 Å². The van der Waals surface area contributed by atoms with Crippen molar-refractivity contribution >= 4 is 23.2 Å². The highest BCUT2D eigenvalue weighted by molar-refractivity contribution is 6.27. The summed E-state index contributed by atoms with van der Waals surface area (Å²) in [6, 6.07) is 10.1. The number of pyridine rings is 1. The highest BCUT2D eigenvalue weighted by Crippen LogP contribution is 2.50. The minimum Gasteiger partial charge on any atom is -0.474 e. The van der Waals surface area contributed by atoms with Crippen molar-refractivity contribution in [3.63, 3.8) is 0 Å². The summed E-state index contributed by atoms with van der Waals surface area (Å²) in [7, 11) is 1.66. The quantitative estimate of drug-likeness (QED) is 0.240. The Morgan fingerprint density at radius 1 is 1.18 bits per heavy atom. The van der Waals surface area contributed by atoms with Gasteiger partial charge in [-0.05, 0) is 63.3 Å². The Balaban J connectivity index is 1.52.